The maximum absolute atomic E-state index is 8.98. The van der Waals surface area contributed by atoms with E-state index in [1.54, 1.807) is 11.3 Å². The van der Waals surface area contributed by atoms with Crippen molar-refractivity contribution >= 4 is 16.9 Å². The molecule has 4 nitrogen and oxygen atoms in total. The highest BCUT2D eigenvalue weighted by Crippen LogP contribution is 2.35. The molecule has 3 rings (SSSR count). The molecule has 0 saturated heterocycles. The SMILES string of the molecule is CC/C(=C\C=C(/CC#N)OC(C)C)c1nnc(-c2cccc3c2CCC3)s1. The predicted octanol–water partition coefficient (Wildman–Crippen LogP) is 5.71. The highest BCUT2D eigenvalue weighted by atomic mass is 32.1. The Labute approximate surface area is 165 Å². The summed E-state index contributed by atoms with van der Waals surface area (Å²) in [7, 11) is 0. The molecule has 140 valence electrons. The highest BCUT2D eigenvalue weighted by Gasteiger charge is 2.18. The number of nitriles is 1. The Bertz CT molecular complexity index is 903. The third-order valence-corrected chi connectivity index (χ3v) is 5.60. The van der Waals surface area contributed by atoms with Crippen LogP contribution in [0.3, 0.4) is 0 Å². The fourth-order valence-corrected chi connectivity index (χ4v) is 4.33. The van der Waals surface area contributed by atoms with Crippen LogP contribution >= 0.6 is 11.3 Å². The molecule has 1 aliphatic carbocycles. The summed E-state index contributed by atoms with van der Waals surface area (Å²) in [6.07, 6.45) is 8.58. The van der Waals surface area contributed by atoms with Crippen LogP contribution in [0.25, 0.3) is 16.1 Å². The second kappa shape index (κ2) is 8.96. The minimum absolute atomic E-state index is 0.0522. The molecule has 0 amide bonds. The van der Waals surface area contributed by atoms with Crippen LogP contribution in [0.2, 0.25) is 0 Å². The second-order valence-electron chi connectivity index (χ2n) is 6.89. The van der Waals surface area contributed by atoms with Gasteiger partial charge in [-0.15, -0.1) is 10.2 Å². The minimum Gasteiger partial charge on any atom is -0.494 e. The Hall–Kier alpha value is -2.45. The standard InChI is InChI=1S/C22H25N3OS/c1-4-16(11-12-18(13-14-23)26-15(2)3)21-24-25-22(27-21)20-10-6-8-17-7-5-9-19(17)20/h6,8,10-12,15H,4-5,7,9,13H2,1-3H3/b16-11+,18-12+. The molecule has 0 N–H and O–H groups in total. The lowest BCUT2D eigenvalue weighted by molar-refractivity contribution is 0.144. The topological polar surface area (TPSA) is 58.8 Å². The molecule has 0 unspecified atom stereocenters. The number of allylic oxidation sites excluding steroid dienone is 4. The van der Waals surface area contributed by atoms with E-state index in [2.05, 4.69) is 41.4 Å². The number of fused-ring (bicyclic) bond motifs is 1. The van der Waals surface area contributed by atoms with Crippen molar-refractivity contribution in [2.75, 3.05) is 0 Å². The van der Waals surface area contributed by atoms with Crippen molar-refractivity contribution in [3.8, 4) is 16.6 Å². The zero-order chi connectivity index (χ0) is 19.2. The van der Waals surface area contributed by atoms with Gasteiger partial charge in [0.25, 0.3) is 0 Å². The van der Waals surface area contributed by atoms with E-state index >= 15 is 0 Å². The van der Waals surface area contributed by atoms with E-state index in [1.807, 2.05) is 26.0 Å². The first-order valence-electron chi connectivity index (χ1n) is 9.50. The van der Waals surface area contributed by atoms with Gasteiger partial charge in [0, 0.05) is 5.56 Å². The lowest BCUT2D eigenvalue weighted by Crippen LogP contribution is -2.01. The third kappa shape index (κ3) is 4.64. The summed E-state index contributed by atoms with van der Waals surface area (Å²) in [5.41, 5.74) is 5.22. The molecule has 1 heterocycles. The molecule has 0 spiro atoms. The first-order valence-corrected chi connectivity index (χ1v) is 10.3. The van der Waals surface area contributed by atoms with Gasteiger partial charge in [0.1, 0.15) is 15.8 Å². The Morgan fingerprint density at radius 1 is 1.30 bits per heavy atom. The predicted molar refractivity (Wildman–Crippen MR) is 110 cm³/mol. The number of nitrogens with zero attached hydrogens (tertiary/aromatic N) is 3. The molecule has 0 fully saturated rings. The number of hydrogen-bond donors (Lipinski definition) is 0. The average molecular weight is 380 g/mol. The first kappa shape index (κ1) is 19.3. The number of ether oxygens (including phenoxy) is 1. The van der Waals surface area contributed by atoms with E-state index in [0.29, 0.717) is 5.76 Å². The van der Waals surface area contributed by atoms with Crippen LogP contribution in [-0.2, 0) is 17.6 Å². The molecule has 0 bridgehead atoms. The lowest BCUT2D eigenvalue weighted by atomic mass is 10.0. The van der Waals surface area contributed by atoms with E-state index in [0.717, 1.165) is 34.9 Å². The van der Waals surface area contributed by atoms with Gasteiger partial charge in [-0.2, -0.15) is 5.26 Å². The van der Waals surface area contributed by atoms with E-state index in [4.69, 9.17) is 10.00 Å². The van der Waals surface area contributed by atoms with Gasteiger partial charge in [0.05, 0.1) is 18.6 Å². The third-order valence-electron chi connectivity index (χ3n) is 4.57. The summed E-state index contributed by atoms with van der Waals surface area (Å²) in [6, 6.07) is 8.66. The van der Waals surface area contributed by atoms with Crippen molar-refractivity contribution in [2.45, 2.75) is 59.0 Å². The normalized spacial score (nSPS) is 14.3. The molecule has 5 heteroatoms. The average Bonchev–Trinajstić information content (AvgIpc) is 3.31. The molecular formula is C22H25N3OS. The maximum atomic E-state index is 8.98. The van der Waals surface area contributed by atoms with Crippen molar-refractivity contribution in [1.29, 1.82) is 5.26 Å². The van der Waals surface area contributed by atoms with Crippen molar-refractivity contribution in [1.82, 2.24) is 10.2 Å². The maximum Gasteiger partial charge on any atom is 0.148 e. The number of aromatic nitrogens is 2. The Kier molecular flexibility index (Phi) is 6.41. The summed E-state index contributed by atoms with van der Waals surface area (Å²) < 4.78 is 5.71. The van der Waals surface area contributed by atoms with Crippen LogP contribution in [0.1, 0.15) is 56.2 Å². The van der Waals surface area contributed by atoms with Crippen LogP contribution in [0.15, 0.2) is 36.1 Å². The van der Waals surface area contributed by atoms with Crippen molar-refractivity contribution < 1.29 is 4.74 Å². The summed E-state index contributed by atoms with van der Waals surface area (Å²) in [5.74, 6) is 0.684. The Balaban J connectivity index is 1.88. The quantitative estimate of drug-likeness (QED) is 0.457. The van der Waals surface area contributed by atoms with Gasteiger partial charge in [-0.3, -0.25) is 0 Å². The van der Waals surface area contributed by atoms with Gasteiger partial charge < -0.3 is 4.74 Å². The number of aryl methyl sites for hydroxylation is 1. The number of benzene rings is 1. The second-order valence-corrected chi connectivity index (χ2v) is 7.87. The molecule has 0 saturated carbocycles. The zero-order valence-electron chi connectivity index (χ0n) is 16.2. The van der Waals surface area contributed by atoms with Crippen LogP contribution in [0.4, 0.5) is 0 Å². The van der Waals surface area contributed by atoms with E-state index < -0.39 is 0 Å². The van der Waals surface area contributed by atoms with E-state index in [-0.39, 0.29) is 12.5 Å². The van der Waals surface area contributed by atoms with Crippen molar-refractivity contribution in [3.63, 3.8) is 0 Å². The van der Waals surface area contributed by atoms with Gasteiger partial charge in [-0.25, -0.2) is 0 Å². The number of hydrogen-bond acceptors (Lipinski definition) is 5. The van der Waals surface area contributed by atoms with Crippen LogP contribution in [0.5, 0.6) is 0 Å². The molecule has 1 aromatic carbocycles. The fraction of sp³-hybridized carbons (Fsp3) is 0.409. The van der Waals surface area contributed by atoms with Crippen LogP contribution < -0.4 is 0 Å². The summed E-state index contributed by atoms with van der Waals surface area (Å²) in [5, 5.41) is 19.8. The molecule has 27 heavy (non-hydrogen) atoms. The molecule has 1 aliphatic rings. The molecule has 0 atom stereocenters. The van der Waals surface area contributed by atoms with Crippen LogP contribution in [0, 0.1) is 11.3 Å². The Morgan fingerprint density at radius 2 is 2.15 bits per heavy atom. The largest absolute Gasteiger partial charge is 0.494 e. The minimum atomic E-state index is 0.0522. The van der Waals surface area contributed by atoms with Gasteiger partial charge in [-0.05, 0) is 62.3 Å². The zero-order valence-corrected chi connectivity index (χ0v) is 17.0. The first-order chi connectivity index (χ1) is 13.1. The van der Waals surface area contributed by atoms with E-state index in [9.17, 15) is 0 Å². The molecule has 1 aromatic heterocycles. The van der Waals surface area contributed by atoms with Gasteiger partial charge in [0.15, 0.2) is 0 Å². The fourth-order valence-electron chi connectivity index (χ4n) is 3.34. The molecule has 0 radical (unpaired) electrons. The van der Waals surface area contributed by atoms with Gasteiger partial charge >= 0.3 is 0 Å². The number of rotatable bonds is 7. The van der Waals surface area contributed by atoms with E-state index in [1.165, 1.54) is 23.1 Å². The highest BCUT2D eigenvalue weighted by molar-refractivity contribution is 7.15. The Morgan fingerprint density at radius 3 is 2.89 bits per heavy atom. The van der Waals surface area contributed by atoms with Crippen LogP contribution in [-0.4, -0.2) is 16.3 Å². The van der Waals surface area contributed by atoms with Gasteiger partial charge in [-0.1, -0.05) is 42.5 Å². The van der Waals surface area contributed by atoms with Crippen molar-refractivity contribution in [3.05, 3.63) is 52.2 Å². The van der Waals surface area contributed by atoms with Gasteiger partial charge in [0.2, 0.25) is 0 Å². The summed E-state index contributed by atoms with van der Waals surface area (Å²) in [6.45, 7) is 6.03. The monoisotopic (exact) mass is 379 g/mol. The summed E-state index contributed by atoms with van der Waals surface area (Å²) in [4.78, 5) is 0. The molecule has 2 aromatic rings. The molecular weight excluding hydrogens is 354 g/mol. The lowest BCUT2D eigenvalue weighted by Gasteiger charge is -2.10. The smallest absolute Gasteiger partial charge is 0.148 e. The van der Waals surface area contributed by atoms with Crippen molar-refractivity contribution in [2.24, 2.45) is 0 Å². The summed E-state index contributed by atoms with van der Waals surface area (Å²) >= 11 is 1.64. The molecule has 0 aliphatic heterocycles.